The van der Waals surface area contributed by atoms with Crippen molar-refractivity contribution in [3.8, 4) is 11.5 Å². The summed E-state index contributed by atoms with van der Waals surface area (Å²) in [6, 6.07) is 1.77. The van der Waals surface area contributed by atoms with Gasteiger partial charge in [0.2, 0.25) is 11.8 Å². The van der Waals surface area contributed by atoms with Crippen LogP contribution in [-0.2, 0) is 15.8 Å². The van der Waals surface area contributed by atoms with Gasteiger partial charge < -0.3 is 23.4 Å². The van der Waals surface area contributed by atoms with Crippen LogP contribution in [0.2, 0.25) is 23.2 Å². The fourth-order valence-corrected chi connectivity index (χ4v) is 4.30. The monoisotopic (exact) mass is 509 g/mol. The fourth-order valence-electron chi connectivity index (χ4n) is 3.09. The third-order valence-corrected chi connectivity index (χ3v) is 10.9. The summed E-state index contributed by atoms with van der Waals surface area (Å²) in [6.45, 7) is 19.1. The Balaban J connectivity index is 1.62. The lowest BCUT2D eigenvalue weighted by Gasteiger charge is -2.36. The molecule has 1 fully saturated rings. The maximum absolute atomic E-state index is 12.3. The topological polar surface area (TPSA) is 93.8 Å². The maximum atomic E-state index is 12.3. The quantitative estimate of drug-likeness (QED) is 0.497. The van der Waals surface area contributed by atoms with Crippen LogP contribution in [0.15, 0.2) is 16.7 Å². The van der Waals surface area contributed by atoms with E-state index in [0.717, 1.165) is 0 Å². The second-order valence-corrected chi connectivity index (χ2v) is 16.3. The van der Waals surface area contributed by atoms with Crippen LogP contribution in [0.3, 0.4) is 0 Å². The molecule has 0 radical (unpaired) electrons. The third-order valence-electron chi connectivity index (χ3n) is 6.13. The molecule has 1 saturated heterocycles. The van der Waals surface area contributed by atoms with Crippen molar-refractivity contribution in [2.45, 2.75) is 71.9 Å². The molecule has 0 unspecified atom stereocenters. The summed E-state index contributed by atoms with van der Waals surface area (Å²) in [5.74, 6) is 1.44. The lowest BCUT2D eigenvalue weighted by Crippen LogP contribution is -2.50. The third kappa shape index (κ3) is 6.48. The molecule has 11 heteroatoms. The average molecular weight is 510 g/mol. The lowest BCUT2D eigenvalue weighted by atomic mass is 10.2. The molecule has 0 spiro atoms. The second kappa shape index (κ2) is 9.83. The van der Waals surface area contributed by atoms with Gasteiger partial charge in [0, 0.05) is 32.4 Å². The Kier molecular flexibility index (Phi) is 7.64. The van der Waals surface area contributed by atoms with Gasteiger partial charge in [-0.3, -0.25) is 0 Å². The van der Waals surface area contributed by atoms with Gasteiger partial charge in [-0.05, 0) is 45.0 Å². The normalized spacial score (nSPS) is 15.6. The Labute approximate surface area is 207 Å². The van der Waals surface area contributed by atoms with Crippen molar-refractivity contribution in [3.05, 3.63) is 23.2 Å². The highest BCUT2D eigenvalue weighted by Crippen LogP contribution is 2.37. The van der Waals surface area contributed by atoms with Crippen molar-refractivity contribution in [3.63, 3.8) is 0 Å². The minimum absolute atomic E-state index is 0.0987. The van der Waals surface area contributed by atoms with Crippen LogP contribution >= 0.6 is 11.6 Å². The number of carbonyl (C=O) groups excluding carboxylic acids is 1. The molecule has 0 atom stereocenters. The molecular formula is C23H36ClN5O4Si. The van der Waals surface area contributed by atoms with E-state index < -0.39 is 13.9 Å². The van der Waals surface area contributed by atoms with E-state index in [1.54, 1.807) is 17.2 Å². The predicted molar refractivity (Wildman–Crippen MR) is 135 cm³/mol. The maximum Gasteiger partial charge on any atom is 0.410 e. The van der Waals surface area contributed by atoms with Gasteiger partial charge in [-0.25, -0.2) is 9.78 Å². The smallest absolute Gasteiger partial charge is 0.410 e. The summed E-state index contributed by atoms with van der Waals surface area (Å²) in [6.07, 6.45) is 1.37. The van der Waals surface area contributed by atoms with Crippen LogP contribution in [0.25, 0.3) is 11.5 Å². The molecule has 34 heavy (non-hydrogen) atoms. The SMILES string of the molecule is CC(C)(C)OC(=O)N1CCN(c2ncc(-c3nnc(CO[Si](C)(C)C(C)(C)C)o3)cc2Cl)CC1. The van der Waals surface area contributed by atoms with E-state index in [1.807, 2.05) is 20.8 Å². The minimum atomic E-state index is -1.92. The number of anilines is 1. The van der Waals surface area contributed by atoms with Gasteiger partial charge >= 0.3 is 6.09 Å². The fraction of sp³-hybridized carbons (Fsp3) is 0.652. The van der Waals surface area contributed by atoms with Gasteiger partial charge in [0.15, 0.2) is 8.32 Å². The predicted octanol–water partition coefficient (Wildman–Crippen LogP) is 5.36. The molecule has 2 aromatic rings. The first kappa shape index (κ1) is 26.4. The van der Waals surface area contributed by atoms with Crippen molar-refractivity contribution in [2.24, 2.45) is 0 Å². The van der Waals surface area contributed by atoms with Crippen molar-refractivity contribution in [2.75, 3.05) is 31.1 Å². The lowest BCUT2D eigenvalue weighted by molar-refractivity contribution is 0.0240. The molecule has 3 rings (SSSR count). The second-order valence-electron chi connectivity index (χ2n) is 11.0. The molecule has 1 aliphatic heterocycles. The zero-order valence-corrected chi connectivity index (χ0v) is 23.2. The Hall–Kier alpha value is -2.17. The van der Waals surface area contributed by atoms with Crippen LogP contribution in [0.4, 0.5) is 10.6 Å². The van der Waals surface area contributed by atoms with Gasteiger partial charge in [-0.15, -0.1) is 10.2 Å². The number of aromatic nitrogens is 3. The molecule has 1 amide bonds. The van der Waals surface area contributed by atoms with Crippen LogP contribution in [-0.4, -0.2) is 66.3 Å². The molecule has 1 aliphatic rings. The van der Waals surface area contributed by atoms with Crippen molar-refractivity contribution in [1.82, 2.24) is 20.1 Å². The minimum Gasteiger partial charge on any atom is -0.444 e. The van der Waals surface area contributed by atoms with Crippen LogP contribution < -0.4 is 4.90 Å². The van der Waals surface area contributed by atoms with Gasteiger partial charge in [-0.2, -0.15) is 0 Å². The Morgan fingerprint density at radius 3 is 2.32 bits per heavy atom. The number of halogens is 1. The van der Waals surface area contributed by atoms with E-state index in [1.165, 1.54) is 0 Å². The van der Waals surface area contributed by atoms with Gasteiger partial charge in [-0.1, -0.05) is 32.4 Å². The molecule has 0 saturated carbocycles. The summed E-state index contributed by atoms with van der Waals surface area (Å²) >= 11 is 6.56. The summed E-state index contributed by atoms with van der Waals surface area (Å²) in [5.41, 5.74) is 0.132. The number of hydrogen-bond donors (Lipinski definition) is 0. The molecule has 0 N–H and O–H groups in total. The van der Waals surface area contributed by atoms with E-state index in [-0.39, 0.29) is 17.7 Å². The first-order valence-corrected chi connectivity index (χ1v) is 14.8. The number of ether oxygens (including phenoxy) is 1. The van der Waals surface area contributed by atoms with E-state index in [9.17, 15) is 4.79 Å². The molecular weight excluding hydrogens is 474 g/mol. The summed E-state index contributed by atoms with van der Waals surface area (Å²) in [7, 11) is -1.92. The van der Waals surface area contributed by atoms with E-state index in [2.05, 4.69) is 53.9 Å². The molecule has 188 valence electrons. The highest BCUT2D eigenvalue weighted by Gasteiger charge is 2.37. The molecule has 2 aromatic heterocycles. The highest BCUT2D eigenvalue weighted by atomic mass is 35.5. The Bertz CT molecular complexity index is 1010. The number of hydrogen-bond acceptors (Lipinski definition) is 8. The Morgan fingerprint density at radius 1 is 1.12 bits per heavy atom. The van der Waals surface area contributed by atoms with Gasteiger partial charge in [0.05, 0.1) is 10.6 Å². The highest BCUT2D eigenvalue weighted by molar-refractivity contribution is 6.74. The van der Waals surface area contributed by atoms with Crippen molar-refractivity contribution < 1.29 is 18.4 Å². The van der Waals surface area contributed by atoms with Crippen LogP contribution in [0, 0.1) is 0 Å². The van der Waals surface area contributed by atoms with E-state index in [4.69, 9.17) is 25.2 Å². The average Bonchev–Trinajstić information content (AvgIpc) is 3.19. The number of nitrogens with zero attached hydrogens (tertiary/aromatic N) is 5. The molecule has 0 bridgehead atoms. The van der Waals surface area contributed by atoms with Gasteiger partial charge in [0.25, 0.3) is 0 Å². The Morgan fingerprint density at radius 2 is 1.76 bits per heavy atom. The summed E-state index contributed by atoms with van der Waals surface area (Å²) in [5, 5.41) is 8.84. The molecule has 9 nitrogen and oxygen atoms in total. The molecule has 0 aromatic carbocycles. The molecule has 3 heterocycles. The standard InChI is InChI=1S/C23H36ClN5O4Si/c1-22(2,3)33-21(30)29-11-9-28(10-12-29)19-17(24)13-16(14-25-19)20-27-26-18(32-20)15-31-34(7,8)23(4,5)6/h13-14H,9-12,15H2,1-8H3. The summed E-state index contributed by atoms with van der Waals surface area (Å²) in [4.78, 5) is 20.6. The van der Waals surface area contributed by atoms with Crippen LogP contribution in [0.5, 0.6) is 0 Å². The van der Waals surface area contributed by atoms with Gasteiger partial charge in [0.1, 0.15) is 18.0 Å². The van der Waals surface area contributed by atoms with Crippen LogP contribution in [0.1, 0.15) is 47.4 Å². The van der Waals surface area contributed by atoms with Crippen molar-refractivity contribution >= 4 is 31.8 Å². The molecule has 0 aliphatic carbocycles. The first-order valence-electron chi connectivity index (χ1n) is 11.5. The zero-order chi connectivity index (χ0) is 25.3. The largest absolute Gasteiger partial charge is 0.444 e. The number of pyridine rings is 1. The van der Waals surface area contributed by atoms with E-state index >= 15 is 0 Å². The zero-order valence-electron chi connectivity index (χ0n) is 21.4. The first-order chi connectivity index (χ1) is 15.7. The number of amides is 1. The van der Waals surface area contributed by atoms with E-state index in [0.29, 0.717) is 54.4 Å². The summed E-state index contributed by atoms with van der Waals surface area (Å²) < 4.78 is 17.4. The number of carbonyl (C=O) groups is 1. The number of piperazine rings is 1. The number of rotatable bonds is 5. The van der Waals surface area contributed by atoms with Crippen molar-refractivity contribution in [1.29, 1.82) is 0 Å².